The number of H-pyrrole nitrogens is 1. The molecule has 0 saturated carbocycles. The van der Waals surface area contributed by atoms with E-state index in [1.807, 2.05) is 25.1 Å². The highest BCUT2D eigenvalue weighted by Crippen LogP contribution is 2.16. The molecule has 0 fully saturated rings. The Hall–Kier alpha value is -1.57. The first-order valence-electron chi connectivity index (χ1n) is 4.27. The highest BCUT2D eigenvalue weighted by molar-refractivity contribution is 5.97. The SMILES string of the molecule is CC(=O)c1ccc2cc(C)[nH]c2c1. The van der Waals surface area contributed by atoms with Gasteiger partial charge in [-0.1, -0.05) is 12.1 Å². The average molecular weight is 173 g/mol. The smallest absolute Gasteiger partial charge is 0.159 e. The van der Waals surface area contributed by atoms with Crippen molar-refractivity contribution in [3.05, 3.63) is 35.5 Å². The van der Waals surface area contributed by atoms with Crippen LogP contribution in [-0.2, 0) is 0 Å². The Labute approximate surface area is 76.6 Å². The van der Waals surface area contributed by atoms with Gasteiger partial charge in [-0.3, -0.25) is 4.79 Å². The second kappa shape index (κ2) is 2.73. The van der Waals surface area contributed by atoms with Crippen molar-refractivity contribution in [3.8, 4) is 0 Å². The molecule has 0 unspecified atom stereocenters. The lowest BCUT2D eigenvalue weighted by Gasteiger charge is -1.94. The number of aromatic amines is 1. The Morgan fingerprint density at radius 2 is 2.08 bits per heavy atom. The maximum atomic E-state index is 11.1. The Morgan fingerprint density at radius 3 is 2.77 bits per heavy atom. The topological polar surface area (TPSA) is 32.9 Å². The number of aromatic nitrogens is 1. The molecule has 0 bridgehead atoms. The molecule has 1 aromatic heterocycles. The first kappa shape index (κ1) is 8.05. The number of aryl methyl sites for hydroxylation is 1. The van der Waals surface area contributed by atoms with Crippen LogP contribution in [0, 0.1) is 6.92 Å². The number of ketones is 1. The van der Waals surface area contributed by atoms with Crippen LogP contribution in [0.5, 0.6) is 0 Å². The lowest BCUT2D eigenvalue weighted by Crippen LogP contribution is -1.90. The van der Waals surface area contributed by atoms with Crippen LogP contribution in [0.4, 0.5) is 0 Å². The van der Waals surface area contributed by atoms with E-state index in [1.165, 1.54) is 0 Å². The zero-order chi connectivity index (χ0) is 9.42. The van der Waals surface area contributed by atoms with Crippen molar-refractivity contribution < 1.29 is 4.79 Å². The molecule has 66 valence electrons. The summed E-state index contributed by atoms with van der Waals surface area (Å²) < 4.78 is 0. The van der Waals surface area contributed by atoms with Gasteiger partial charge in [-0.2, -0.15) is 0 Å². The van der Waals surface area contributed by atoms with Crippen LogP contribution in [-0.4, -0.2) is 10.8 Å². The van der Waals surface area contributed by atoms with Crippen LogP contribution in [0.25, 0.3) is 10.9 Å². The van der Waals surface area contributed by atoms with E-state index in [1.54, 1.807) is 6.92 Å². The van der Waals surface area contributed by atoms with E-state index in [9.17, 15) is 4.79 Å². The van der Waals surface area contributed by atoms with Gasteiger partial charge in [0, 0.05) is 16.8 Å². The van der Waals surface area contributed by atoms with E-state index in [4.69, 9.17) is 0 Å². The van der Waals surface area contributed by atoms with E-state index in [2.05, 4.69) is 11.1 Å². The standard InChI is InChI=1S/C11H11NO/c1-7-5-10-4-3-9(8(2)13)6-11(10)12-7/h3-6,12H,1-2H3. The minimum absolute atomic E-state index is 0.106. The molecule has 2 nitrogen and oxygen atoms in total. The third-order valence-electron chi connectivity index (χ3n) is 2.16. The minimum atomic E-state index is 0.106. The van der Waals surface area contributed by atoms with Crippen LogP contribution in [0.1, 0.15) is 23.0 Å². The van der Waals surface area contributed by atoms with Crippen LogP contribution in [0.3, 0.4) is 0 Å². The van der Waals surface area contributed by atoms with Gasteiger partial charge in [-0.15, -0.1) is 0 Å². The van der Waals surface area contributed by atoms with E-state index < -0.39 is 0 Å². The second-order valence-corrected chi connectivity index (χ2v) is 3.31. The zero-order valence-corrected chi connectivity index (χ0v) is 7.72. The number of carbonyl (C=O) groups is 1. The average Bonchev–Trinajstić information content (AvgIpc) is 2.42. The molecule has 1 heterocycles. The first-order valence-corrected chi connectivity index (χ1v) is 4.27. The summed E-state index contributed by atoms with van der Waals surface area (Å²) in [7, 11) is 0. The van der Waals surface area contributed by atoms with Gasteiger partial charge >= 0.3 is 0 Å². The molecule has 0 atom stereocenters. The Kier molecular flexibility index (Phi) is 1.69. The minimum Gasteiger partial charge on any atom is -0.359 e. The predicted octanol–water partition coefficient (Wildman–Crippen LogP) is 2.68. The molecule has 0 aliphatic carbocycles. The number of carbonyl (C=O) groups excluding carboxylic acids is 1. The number of benzene rings is 1. The number of Topliss-reactive ketones (excluding diaryl/α,β-unsaturated/α-hetero) is 1. The number of fused-ring (bicyclic) bond motifs is 1. The fraction of sp³-hybridized carbons (Fsp3) is 0.182. The lowest BCUT2D eigenvalue weighted by molar-refractivity contribution is 0.101. The van der Waals surface area contributed by atoms with Crippen LogP contribution < -0.4 is 0 Å². The van der Waals surface area contributed by atoms with Crippen molar-refractivity contribution in [1.82, 2.24) is 4.98 Å². The quantitative estimate of drug-likeness (QED) is 0.661. The van der Waals surface area contributed by atoms with Crippen molar-refractivity contribution in [2.75, 3.05) is 0 Å². The number of hydrogen-bond donors (Lipinski definition) is 1. The number of rotatable bonds is 1. The van der Waals surface area contributed by atoms with Gasteiger partial charge in [0.25, 0.3) is 0 Å². The summed E-state index contributed by atoms with van der Waals surface area (Å²) in [5, 5.41) is 1.16. The summed E-state index contributed by atoms with van der Waals surface area (Å²) in [5.74, 6) is 0.106. The fourth-order valence-electron chi connectivity index (χ4n) is 1.49. The molecular weight excluding hydrogens is 162 g/mol. The predicted molar refractivity (Wildman–Crippen MR) is 53.0 cm³/mol. The third-order valence-corrected chi connectivity index (χ3v) is 2.16. The Balaban J connectivity index is 2.67. The summed E-state index contributed by atoms with van der Waals surface area (Å²) in [6.07, 6.45) is 0. The molecule has 2 aromatic rings. The summed E-state index contributed by atoms with van der Waals surface area (Å²) in [6.45, 7) is 3.59. The molecule has 1 aromatic carbocycles. The fourth-order valence-corrected chi connectivity index (χ4v) is 1.49. The van der Waals surface area contributed by atoms with E-state index in [-0.39, 0.29) is 5.78 Å². The van der Waals surface area contributed by atoms with E-state index >= 15 is 0 Å². The second-order valence-electron chi connectivity index (χ2n) is 3.31. The Bertz CT molecular complexity index is 468. The normalized spacial score (nSPS) is 10.6. The Morgan fingerprint density at radius 1 is 1.31 bits per heavy atom. The molecule has 0 radical (unpaired) electrons. The zero-order valence-electron chi connectivity index (χ0n) is 7.72. The maximum absolute atomic E-state index is 11.1. The molecule has 13 heavy (non-hydrogen) atoms. The molecule has 0 spiro atoms. The lowest BCUT2D eigenvalue weighted by atomic mass is 10.1. The van der Waals surface area contributed by atoms with Crippen molar-refractivity contribution in [2.45, 2.75) is 13.8 Å². The first-order chi connectivity index (χ1) is 6.16. The van der Waals surface area contributed by atoms with Gasteiger partial charge in [0.15, 0.2) is 5.78 Å². The largest absolute Gasteiger partial charge is 0.359 e. The van der Waals surface area contributed by atoms with Gasteiger partial charge in [-0.25, -0.2) is 0 Å². The van der Waals surface area contributed by atoms with E-state index in [0.717, 1.165) is 22.2 Å². The third kappa shape index (κ3) is 1.35. The van der Waals surface area contributed by atoms with Crippen LogP contribution >= 0.6 is 0 Å². The van der Waals surface area contributed by atoms with Crippen molar-refractivity contribution >= 4 is 16.7 Å². The van der Waals surface area contributed by atoms with Crippen molar-refractivity contribution in [2.24, 2.45) is 0 Å². The monoisotopic (exact) mass is 173 g/mol. The molecule has 0 aliphatic heterocycles. The van der Waals surface area contributed by atoms with Gasteiger partial charge in [0.2, 0.25) is 0 Å². The number of hydrogen-bond acceptors (Lipinski definition) is 1. The van der Waals surface area contributed by atoms with Crippen LogP contribution in [0.15, 0.2) is 24.3 Å². The molecule has 2 rings (SSSR count). The van der Waals surface area contributed by atoms with E-state index in [0.29, 0.717) is 0 Å². The molecular formula is C11H11NO. The molecule has 2 heteroatoms. The van der Waals surface area contributed by atoms with Crippen molar-refractivity contribution in [1.29, 1.82) is 0 Å². The van der Waals surface area contributed by atoms with Crippen molar-refractivity contribution in [3.63, 3.8) is 0 Å². The summed E-state index contributed by atoms with van der Waals surface area (Å²) in [6, 6.07) is 7.79. The summed E-state index contributed by atoms with van der Waals surface area (Å²) in [5.41, 5.74) is 2.91. The van der Waals surface area contributed by atoms with Gasteiger partial charge in [-0.05, 0) is 31.4 Å². The molecule has 0 aliphatic rings. The molecule has 0 saturated heterocycles. The van der Waals surface area contributed by atoms with Gasteiger partial charge in [0.05, 0.1) is 0 Å². The molecule has 0 amide bonds. The highest BCUT2D eigenvalue weighted by Gasteiger charge is 2.01. The number of nitrogens with one attached hydrogen (secondary N) is 1. The molecule has 1 N–H and O–H groups in total. The maximum Gasteiger partial charge on any atom is 0.159 e. The van der Waals surface area contributed by atoms with Gasteiger partial charge < -0.3 is 4.98 Å². The van der Waals surface area contributed by atoms with Crippen LogP contribution in [0.2, 0.25) is 0 Å². The van der Waals surface area contributed by atoms with Gasteiger partial charge in [0.1, 0.15) is 0 Å². The summed E-state index contributed by atoms with van der Waals surface area (Å²) >= 11 is 0. The summed E-state index contributed by atoms with van der Waals surface area (Å²) in [4.78, 5) is 14.3. The highest BCUT2D eigenvalue weighted by atomic mass is 16.1.